The van der Waals surface area contributed by atoms with Crippen LogP contribution in [0.2, 0.25) is 0 Å². The Morgan fingerprint density at radius 2 is 2.19 bits per heavy atom. The van der Waals surface area contributed by atoms with Gasteiger partial charge in [-0.1, -0.05) is 0 Å². The van der Waals surface area contributed by atoms with Crippen molar-refractivity contribution in [2.45, 2.75) is 51.4 Å². The number of carbonyl (C=O) groups excluding carboxylic acids is 1. The Kier molecular flexibility index (Phi) is 4.56. The number of β-amino-alcohol motifs (C(OH)–C–C–N with tert-alkyl or cyclic N) is 1. The molecule has 1 aliphatic heterocycles. The Morgan fingerprint density at radius 3 is 2.81 bits per heavy atom. The molecule has 2 atom stereocenters. The highest BCUT2D eigenvalue weighted by atomic mass is 16.6. The van der Waals surface area contributed by atoms with Gasteiger partial charge in [-0.05, 0) is 40.2 Å². The molecule has 1 saturated heterocycles. The zero-order valence-corrected chi connectivity index (χ0v) is 10.2. The van der Waals surface area contributed by atoms with Crippen LogP contribution in [0.1, 0.15) is 33.6 Å². The molecular formula is C11H22N2O3. The molecule has 3 N–H and O–H groups in total. The van der Waals surface area contributed by atoms with Crippen LogP contribution in [0.3, 0.4) is 0 Å². The normalized spacial score (nSPS) is 27.0. The number of rotatable bonds is 1. The van der Waals surface area contributed by atoms with E-state index in [0.717, 1.165) is 19.4 Å². The number of hydrogen-bond acceptors (Lipinski definition) is 4. The number of nitrogens with one attached hydrogen (secondary N) is 2. The summed E-state index contributed by atoms with van der Waals surface area (Å²) in [4.78, 5) is 11.5. The Bertz CT molecular complexity index is 238. The van der Waals surface area contributed by atoms with E-state index in [0.29, 0.717) is 6.54 Å². The summed E-state index contributed by atoms with van der Waals surface area (Å²) in [6.07, 6.45) is 0.707. The van der Waals surface area contributed by atoms with Gasteiger partial charge in [-0.25, -0.2) is 4.79 Å². The molecule has 0 saturated carbocycles. The molecule has 1 rings (SSSR count). The Morgan fingerprint density at radius 1 is 1.50 bits per heavy atom. The molecule has 1 fully saturated rings. The first-order chi connectivity index (χ1) is 7.38. The van der Waals surface area contributed by atoms with Gasteiger partial charge in [0.15, 0.2) is 0 Å². The molecule has 0 aromatic rings. The first-order valence-corrected chi connectivity index (χ1v) is 5.77. The van der Waals surface area contributed by atoms with Crippen LogP contribution in [-0.2, 0) is 4.74 Å². The molecule has 16 heavy (non-hydrogen) atoms. The van der Waals surface area contributed by atoms with Gasteiger partial charge in [0.2, 0.25) is 0 Å². The second kappa shape index (κ2) is 5.50. The molecule has 5 heteroatoms. The molecule has 2 unspecified atom stereocenters. The summed E-state index contributed by atoms with van der Waals surface area (Å²) < 4.78 is 5.15. The average molecular weight is 230 g/mol. The van der Waals surface area contributed by atoms with E-state index >= 15 is 0 Å². The van der Waals surface area contributed by atoms with E-state index in [4.69, 9.17) is 4.74 Å². The third-order valence-electron chi connectivity index (χ3n) is 2.39. The van der Waals surface area contributed by atoms with E-state index in [1.54, 1.807) is 0 Å². The molecule has 1 aliphatic rings. The predicted molar refractivity (Wildman–Crippen MR) is 61.3 cm³/mol. The highest BCUT2D eigenvalue weighted by Crippen LogP contribution is 2.10. The fourth-order valence-corrected chi connectivity index (χ4v) is 1.66. The standard InChI is InChI=1S/C11H22N2O3/c1-11(2,3)16-10(15)13-8-5-4-6-12-7-9(8)14/h8-9,12,14H,4-7H2,1-3H3,(H,13,15). The van der Waals surface area contributed by atoms with Crippen molar-refractivity contribution in [1.29, 1.82) is 0 Å². The Labute approximate surface area is 96.6 Å². The second-order valence-corrected chi connectivity index (χ2v) is 5.17. The molecule has 0 bridgehead atoms. The van der Waals surface area contributed by atoms with Crippen molar-refractivity contribution < 1.29 is 14.6 Å². The maximum absolute atomic E-state index is 11.5. The lowest BCUT2D eigenvalue weighted by molar-refractivity contribution is 0.0426. The van der Waals surface area contributed by atoms with Gasteiger partial charge in [0.1, 0.15) is 5.60 Å². The maximum atomic E-state index is 11.5. The van der Waals surface area contributed by atoms with E-state index in [1.807, 2.05) is 20.8 Å². The Hall–Kier alpha value is -0.810. The van der Waals surface area contributed by atoms with Crippen LogP contribution in [0.25, 0.3) is 0 Å². The zero-order chi connectivity index (χ0) is 12.2. The molecule has 1 amide bonds. The number of alkyl carbamates (subject to hydrolysis) is 1. The minimum atomic E-state index is -0.546. The smallest absolute Gasteiger partial charge is 0.407 e. The summed E-state index contributed by atoms with van der Waals surface area (Å²) in [7, 11) is 0. The molecule has 0 aromatic carbocycles. The van der Waals surface area contributed by atoms with Crippen LogP contribution in [0.5, 0.6) is 0 Å². The quantitative estimate of drug-likeness (QED) is 0.617. The maximum Gasteiger partial charge on any atom is 0.407 e. The summed E-state index contributed by atoms with van der Waals surface area (Å²) >= 11 is 0. The van der Waals surface area contributed by atoms with E-state index in [2.05, 4.69) is 10.6 Å². The van der Waals surface area contributed by atoms with Gasteiger partial charge < -0.3 is 20.5 Å². The van der Waals surface area contributed by atoms with Gasteiger partial charge in [-0.3, -0.25) is 0 Å². The van der Waals surface area contributed by atoms with Crippen molar-refractivity contribution in [3.8, 4) is 0 Å². The number of aliphatic hydroxyl groups is 1. The third-order valence-corrected chi connectivity index (χ3v) is 2.39. The molecule has 0 aromatic heterocycles. The van der Waals surface area contributed by atoms with Crippen molar-refractivity contribution in [1.82, 2.24) is 10.6 Å². The topological polar surface area (TPSA) is 70.6 Å². The fraction of sp³-hybridized carbons (Fsp3) is 0.909. The second-order valence-electron chi connectivity index (χ2n) is 5.17. The summed E-state index contributed by atoms with van der Waals surface area (Å²) in [6.45, 7) is 6.84. The lowest BCUT2D eigenvalue weighted by atomic mass is 10.1. The summed E-state index contributed by atoms with van der Waals surface area (Å²) in [5.74, 6) is 0. The number of aliphatic hydroxyl groups excluding tert-OH is 1. The highest BCUT2D eigenvalue weighted by molar-refractivity contribution is 5.68. The van der Waals surface area contributed by atoms with Crippen molar-refractivity contribution >= 4 is 6.09 Å². The van der Waals surface area contributed by atoms with Gasteiger partial charge in [-0.15, -0.1) is 0 Å². The van der Waals surface area contributed by atoms with Gasteiger partial charge in [0, 0.05) is 6.54 Å². The molecule has 0 spiro atoms. The van der Waals surface area contributed by atoms with Gasteiger partial charge >= 0.3 is 6.09 Å². The fourth-order valence-electron chi connectivity index (χ4n) is 1.66. The van der Waals surface area contributed by atoms with Crippen LogP contribution in [0.15, 0.2) is 0 Å². The molecule has 0 aliphatic carbocycles. The van der Waals surface area contributed by atoms with Crippen LogP contribution in [0.4, 0.5) is 4.79 Å². The number of carbonyl (C=O) groups is 1. The van der Waals surface area contributed by atoms with Crippen LogP contribution in [-0.4, -0.2) is 42.0 Å². The monoisotopic (exact) mass is 230 g/mol. The third kappa shape index (κ3) is 4.81. The van der Waals surface area contributed by atoms with E-state index in [-0.39, 0.29) is 6.04 Å². The van der Waals surface area contributed by atoms with Crippen LogP contribution < -0.4 is 10.6 Å². The largest absolute Gasteiger partial charge is 0.444 e. The molecule has 0 radical (unpaired) electrons. The van der Waals surface area contributed by atoms with Gasteiger partial charge in [-0.2, -0.15) is 0 Å². The first kappa shape index (κ1) is 13.3. The first-order valence-electron chi connectivity index (χ1n) is 5.77. The van der Waals surface area contributed by atoms with Gasteiger partial charge in [0.05, 0.1) is 12.1 Å². The Balaban J connectivity index is 2.42. The van der Waals surface area contributed by atoms with Crippen molar-refractivity contribution in [3.63, 3.8) is 0 Å². The minimum absolute atomic E-state index is 0.218. The minimum Gasteiger partial charge on any atom is -0.444 e. The number of ether oxygens (including phenoxy) is 1. The summed E-state index contributed by atoms with van der Waals surface area (Å²) in [6, 6.07) is -0.218. The van der Waals surface area contributed by atoms with Crippen LogP contribution >= 0.6 is 0 Å². The van der Waals surface area contributed by atoms with E-state index < -0.39 is 17.8 Å². The van der Waals surface area contributed by atoms with Crippen molar-refractivity contribution in [2.75, 3.05) is 13.1 Å². The average Bonchev–Trinajstić information content (AvgIpc) is 2.29. The molecule has 94 valence electrons. The van der Waals surface area contributed by atoms with E-state index in [9.17, 15) is 9.90 Å². The zero-order valence-electron chi connectivity index (χ0n) is 10.2. The van der Waals surface area contributed by atoms with Crippen molar-refractivity contribution in [3.05, 3.63) is 0 Å². The number of hydrogen-bond donors (Lipinski definition) is 3. The SMILES string of the molecule is CC(C)(C)OC(=O)NC1CCCNCC1O. The summed E-state index contributed by atoms with van der Waals surface area (Å²) in [5.41, 5.74) is -0.502. The van der Waals surface area contributed by atoms with Crippen LogP contribution in [0, 0.1) is 0 Å². The highest BCUT2D eigenvalue weighted by Gasteiger charge is 2.25. The van der Waals surface area contributed by atoms with E-state index in [1.165, 1.54) is 0 Å². The lowest BCUT2D eigenvalue weighted by Gasteiger charge is -2.25. The van der Waals surface area contributed by atoms with Gasteiger partial charge in [0.25, 0.3) is 0 Å². The molecule has 5 nitrogen and oxygen atoms in total. The molecular weight excluding hydrogens is 208 g/mol. The predicted octanol–water partition coefficient (Wildman–Crippen LogP) is 0.624. The van der Waals surface area contributed by atoms with Crippen molar-refractivity contribution in [2.24, 2.45) is 0 Å². The molecule has 1 heterocycles. The summed E-state index contributed by atoms with van der Waals surface area (Å²) in [5, 5.41) is 15.6. The lowest BCUT2D eigenvalue weighted by Crippen LogP contribution is -2.47. The number of amides is 1.